The third-order valence-corrected chi connectivity index (χ3v) is 3.38. The molecule has 2 rings (SSSR count). The highest BCUT2D eigenvalue weighted by Gasteiger charge is 2.40. The Hall–Kier alpha value is -1.22. The summed E-state index contributed by atoms with van der Waals surface area (Å²) >= 11 is -0.185. The van der Waals surface area contributed by atoms with E-state index in [9.17, 15) is 17.4 Å². The van der Waals surface area contributed by atoms with Crippen molar-refractivity contribution in [1.82, 2.24) is 9.97 Å². The molecule has 0 saturated heterocycles. The van der Waals surface area contributed by atoms with Crippen LogP contribution >= 0.6 is 15.9 Å². The maximum absolute atomic E-state index is 12.1. The number of hydrogen-bond donors (Lipinski definition) is 0. The summed E-state index contributed by atoms with van der Waals surface area (Å²) in [5.74, 6) is -0.444. The Morgan fingerprint density at radius 3 is 2.68 bits per heavy atom. The summed E-state index contributed by atoms with van der Waals surface area (Å²) in [6, 6.07) is 3.43. The van der Waals surface area contributed by atoms with Crippen LogP contribution in [0.2, 0.25) is 0 Å². The molecule has 0 amide bonds. The average Bonchev–Trinajstić information content (AvgIpc) is 2.26. The van der Waals surface area contributed by atoms with Crippen molar-refractivity contribution in [2.45, 2.75) is 12.4 Å². The predicted octanol–water partition coefficient (Wildman–Crippen LogP) is 3.26. The number of hydrogen-bond acceptors (Lipinski definition) is 4. The lowest BCUT2D eigenvalue weighted by Gasteiger charge is -2.07. The van der Waals surface area contributed by atoms with Gasteiger partial charge in [-0.3, -0.25) is 0 Å². The van der Waals surface area contributed by atoms with E-state index < -0.39 is 22.5 Å². The van der Waals surface area contributed by atoms with E-state index in [1.54, 1.807) is 19.1 Å². The molecule has 4 nitrogen and oxygen atoms in total. The lowest BCUT2D eigenvalue weighted by molar-refractivity contribution is -0.0438. The van der Waals surface area contributed by atoms with E-state index in [2.05, 4.69) is 30.1 Å². The maximum atomic E-state index is 12.1. The minimum Gasteiger partial charge on any atom is -0.372 e. The first-order chi connectivity index (χ1) is 8.77. The highest BCUT2D eigenvalue weighted by atomic mass is 79.9. The lowest BCUT2D eigenvalue weighted by atomic mass is 10.2. The number of aryl methyl sites for hydroxylation is 1. The molecule has 0 saturated carbocycles. The van der Waals surface area contributed by atoms with Crippen LogP contribution in [0, 0.1) is 6.92 Å². The number of halogens is 4. The fraction of sp³-hybridized carbons (Fsp3) is 0.200. The fourth-order valence-electron chi connectivity index (χ4n) is 1.36. The van der Waals surface area contributed by atoms with Gasteiger partial charge in [0.05, 0.1) is 11.7 Å². The molecule has 0 spiro atoms. The number of benzene rings is 1. The van der Waals surface area contributed by atoms with Gasteiger partial charge in [0.25, 0.3) is 0 Å². The molecular formula is C10H6BrF3N2O2S. The molecule has 0 bridgehead atoms. The maximum Gasteiger partial charge on any atom is 0.508 e. The van der Waals surface area contributed by atoms with Crippen molar-refractivity contribution in [2.75, 3.05) is 0 Å². The molecule has 1 heterocycles. The van der Waals surface area contributed by atoms with E-state index in [1.165, 1.54) is 0 Å². The monoisotopic (exact) mass is 354 g/mol. The largest absolute Gasteiger partial charge is 0.508 e. The van der Waals surface area contributed by atoms with Gasteiger partial charge in [-0.2, -0.15) is 13.2 Å². The second-order valence-electron chi connectivity index (χ2n) is 3.59. The SMILES string of the molecule is Cc1cc(Br)c2ncc(OS(=O)C(F)(F)F)nc2c1. The van der Waals surface area contributed by atoms with Gasteiger partial charge in [-0.1, -0.05) is 0 Å². The summed E-state index contributed by atoms with van der Waals surface area (Å²) in [5.41, 5.74) is -3.27. The molecule has 19 heavy (non-hydrogen) atoms. The molecule has 9 heteroatoms. The molecule has 0 aliphatic rings. The number of alkyl halides is 3. The summed E-state index contributed by atoms with van der Waals surface area (Å²) in [6.45, 7) is 1.80. The normalized spacial score (nSPS) is 13.5. The van der Waals surface area contributed by atoms with Crippen molar-refractivity contribution >= 4 is 38.0 Å². The first-order valence-electron chi connectivity index (χ1n) is 4.87. The molecule has 2 aromatic rings. The molecule has 0 aliphatic carbocycles. The zero-order valence-corrected chi connectivity index (χ0v) is 11.8. The van der Waals surface area contributed by atoms with E-state index in [0.717, 1.165) is 11.8 Å². The van der Waals surface area contributed by atoms with Crippen molar-refractivity contribution in [3.05, 3.63) is 28.4 Å². The van der Waals surface area contributed by atoms with Crippen LogP contribution in [0.25, 0.3) is 11.0 Å². The highest BCUT2D eigenvalue weighted by Crippen LogP contribution is 2.26. The third-order valence-electron chi connectivity index (χ3n) is 2.07. The van der Waals surface area contributed by atoms with Crippen molar-refractivity contribution < 1.29 is 21.6 Å². The fourth-order valence-corrected chi connectivity index (χ4v) is 2.36. The van der Waals surface area contributed by atoms with E-state index in [0.29, 0.717) is 15.5 Å². The molecular weight excluding hydrogens is 349 g/mol. The van der Waals surface area contributed by atoms with Crippen LogP contribution in [0.5, 0.6) is 5.88 Å². The Kier molecular flexibility index (Phi) is 3.77. The topological polar surface area (TPSA) is 52.1 Å². The standard InChI is InChI=1S/C10H6BrF3N2O2S/c1-5-2-6(11)9-7(3-5)16-8(4-15-9)18-19(17)10(12,13)14/h2-4H,1H3. The van der Waals surface area contributed by atoms with Crippen molar-refractivity contribution in [3.8, 4) is 5.88 Å². The summed E-state index contributed by atoms with van der Waals surface area (Å²) in [6.07, 6.45) is 0.992. The van der Waals surface area contributed by atoms with E-state index in [-0.39, 0.29) is 0 Å². The van der Waals surface area contributed by atoms with Crippen molar-refractivity contribution in [1.29, 1.82) is 0 Å². The minimum atomic E-state index is -4.95. The molecule has 0 radical (unpaired) electrons. The van der Waals surface area contributed by atoms with Gasteiger partial charge in [-0.25, -0.2) is 14.2 Å². The van der Waals surface area contributed by atoms with Crippen LogP contribution in [0.3, 0.4) is 0 Å². The minimum absolute atomic E-state index is 0.351. The Morgan fingerprint density at radius 2 is 2.05 bits per heavy atom. The first kappa shape index (κ1) is 14.2. The smallest absolute Gasteiger partial charge is 0.372 e. The molecule has 0 N–H and O–H groups in total. The zero-order valence-electron chi connectivity index (χ0n) is 9.36. The number of nitrogens with zero attached hydrogens (tertiary/aromatic N) is 2. The quantitative estimate of drug-likeness (QED) is 0.830. The highest BCUT2D eigenvalue weighted by molar-refractivity contribution is 9.10. The average molecular weight is 355 g/mol. The third kappa shape index (κ3) is 3.21. The van der Waals surface area contributed by atoms with Gasteiger partial charge in [0.2, 0.25) is 5.88 Å². The molecule has 102 valence electrons. The van der Waals surface area contributed by atoms with Crippen LogP contribution in [0.15, 0.2) is 22.8 Å². The molecule has 0 fully saturated rings. The second kappa shape index (κ2) is 5.04. The van der Waals surface area contributed by atoms with Gasteiger partial charge < -0.3 is 4.18 Å². The van der Waals surface area contributed by atoms with E-state index in [4.69, 9.17) is 0 Å². The summed E-state index contributed by atoms with van der Waals surface area (Å²) in [4.78, 5) is 7.76. The lowest BCUT2D eigenvalue weighted by Crippen LogP contribution is -2.21. The molecule has 1 aromatic heterocycles. The Balaban J connectivity index is 2.40. The van der Waals surface area contributed by atoms with Crippen LogP contribution in [0.4, 0.5) is 13.2 Å². The van der Waals surface area contributed by atoms with Gasteiger partial charge >= 0.3 is 16.6 Å². The second-order valence-corrected chi connectivity index (χ2v) is 5.54. The summed E-state index contributed by atoms with van der Waals surface area (Å²) in [7, 11) is 0. The van der Waals surface area contributed by atoms with Crippen LogP contribution in [-0.4, -0.2) is 19.7 Å². The van der Waals surface area contributed by atoms with Crippen LogP contribution < -0.4 is 4.18 Å². The number of rotatable bonds is 2. The van der Waals surface area contributed by atoms with Crippen molar-refractivity contribution in [3.63, 3.8) is 0 Å². The Labute approximate surface area is 116 Å². The van der Waals surface area contributed by atoms with Gasteiger partial charge in [-0.05, 0) is 40.5 Å². The van der Waals surface area contributed by atoms with Gasteiger partial charge in [0.15, 0.2) is 0 Å². The Bertz CT molecular complexity index is 663. The Morgan fingerprint density at radius 1 is 1.37 bits per heavy atom. The summed E-state index contributed by atoms with van der Waals surface area (Å²) < 4.78 is 52.0. The summed E-state index contributed by atoms with van der Waals surface area (Å²) in [5, 5.41) is 0. The van der Waals surface area contributed by atoms with E-state index in [1.807, 2.05) is 0 Å². The van der Waals surface area contributed by atoms with Crippen LogP contribution in [-0.2, 0) is 11.1 Å². The molecule has 1 atom stereocenters. The van der Waals surface area contributed by atoms with Crippen LogP contribution in [0.1, 0.15) is 5.56 Å². The van der Waals surface area contributed by atoms with Crippen molar-refractivity contribution in [2.24, 2.45) is 0 Å². The van der Waals surface area contributed by atoms with Gasteiger partial charge in [0.1, 0.15) is 5.52 Å². The van der Waals surface area contributed by atoms with Gasteiger partial charge in [0, 0.05) is 4.47 Å². The number of fused-ring (bicyclic) bond motifs is 1. The molecule has 0 aliphatic heterocycles. The first-order valence-corrected chi connectivity index (χ1v) is 6.74. The van der Waals surface area contributed by atoms with E-state index >= 15 is 0 Å². The predicted molar refractivity (Wildman–Crippen MR) is 66.8 cm³/mol. The number of aromatic nitrogens is 2. The van der Waals surface area contributed by atoms with Gasteiger partial charge in [-0.15, -0.1) is 0 Å². The molecule has 1 unspecified atom stereocenters. The zero-order chi connectivity index (χ0) is 14.2. The molecule has 1 aromatic carbocycles.